The quantitative estimate of drug-likeness (QED) is 0.298. The van der Waals surface area contributed by atoms with Crippen molar-refractivity contribution in [1.29, 1.82) is 0 Å². The molecule has 1 aliphatic rings. The minimum absolute atomic E-state index is 0.000378. The largest absolute Gasteiger partial charge is 0.457 e. The van der Waals surface area contributed by atoms with E-state index >= 15 is 0 Å². The standard InChI is InChI=1S/C24H18BrN3OS2/c25-21-14-13-20(31-21)23-22(19-8-4-5-15-26-19)27-24(30)28(23)16-9-11-18(12-10-16)29-17-6-2-1-3-7-17/h1-15,22-23H,(H,27,30)/t22-,23-/m1/s1. The van der Waals surface area contributed by atoms with Crippen LogP contribution in [0.4, 0.5) is 5.69 Å². The van der Waals surface area contributed by atoms with E-state index in [9.17, 15) is 0 Å². The molecule has 2 atom stereocenters. The molecule has 1 aliphatic heterocycles. The van der Waals surface area contributed by atoms with Crippen molar-refractivity contribution in [3.8, 4) is 11.5 Å². The van der Waals surface area contributed by atoms with Crippen LogP contribution in [0.1, 0.15) is 22.7 Å². The minimum Gasteiger partial charge on any atom is -0.457 e. The molecule has 0 amide bonds. The van der Waals surface area contributed by atoms with Crippen molar-refractivity contribution in [2.24, 2.45) is 0 Å². The fourth-order valence-electron chi connectivity index (χ4n) is 3.71. The zero-order valence-corrected chi connectivity index (χ0v) is 19.5. The summed E-state index contributed by atoms with van der Waals surface area (Å²) >= 11 is 11.1. The lowest BCUT2D eigenvalue weighted by Crippen LogP contribution is -2.28. The van der Waals surface area contributed by atoms with Crippen LogP contribution < -0.4 is 15.0 Å². The van der Waals surface area contributed by atoms with Crippen LogP contribution in [-0.4, -0.2) is 10.1 Å². The first-order chi connectivity index (χ1) is 15.2. The first kappa shape index (κ1) is 20.2. The van der Waals surface area contributed by atoms with Gasteiger partial charge in [0.15, 0.2) is 5.11 Å². The van der Waals surface area contributed by atoms with E-state index in [1.54, 1.807) is 11.3 Å². The molecule has 0 unspecified atom stereocenters. The SMILES string of the molecule is S=C1N[C@H](c2ccccn2)[C@@H](c2ccc(Br)s2)N1c1ccc(Oc2ccccc2)cc1. The number of anilines is 1. The first-order valence-electron chi connectivity index (χ1n) is 9.78. The molecule has 0 radical (unpaired) electrons. The molecule has 1 saturated heterocycles. The number of nitrogens with zero attached hydrogens (tertiary/aromatic N) is 2. The van der Waals surface area contributed by atoms with Gasteiger partial charge in [0.2, 0.25) is 0 Å². The molecule has 31 heavy (non-hydrogen) atoms. The second-order valence-corrected chi connectivity index (χ2v) is 9.93. The topological polar surface area (TPSA) is 37.4 Å². The molecule has 154 valence electrons. The molecule has 4 nitrogen and oxygen atoms in total. The number of halogens is 1. The highest BCUT2D eigenvalue weighted by Crippen LogP contribution is 2.44. The zero-order chi connectivity index (χ0) is 21.2. The summed E-state index contributed by atoms with van der Waals surface area (Å²) in [7, 11) is 0. The predicted molar refractivity (Wildman–Crippen MR) is 133 cm³/mol. The van der Waals surface area contributed by atoms with Gasteiger partial charge in [-0.2, -0.15) is 0 Å². The number of pyridine rings is 1. The average Bonchev–Trinajstić information content (AvgIpc) is 3.38. The summed E-state index contributed by atoms with van der Waals surface area (Å²) in [5, 5.41) is 4.17. The number of para-hydroxylation sites is 1. The molecule has 1 N–H and O–H groups in total. The van der Waals surface area contributed by atoms with Crippen molar-refractivity contribution >= 4 is 50.3 Å². The van der Waals surface area contributed by atoms with Crippen LogP contribution in [0.5, 0.6) is 11.5 Å². The Morgan fingerprint density at radius 3 is 2.32 bits per heavy atom. The van der Waals surface area contributed by atoms with Crippen LogP contribution in [0, 0.1) is 0 Å². The van der Waals surface area contributed by atoms with Crippen molar-refractivity contribution in [3.63, 3.8) is 0 Å². The first-order valence-corrected chi connectivity index (χ1v) is 11.8. The van der Waals surface area contributed by atoms with Crippen LogP contribution in [-0.2, 0) is 0 Å². The van der Waals surface area contributed by atoms with Gasteiger partial charge in [0, 0.05) is 16.8 Å². The van der Waals surface area contributed by atoms with Crippen LogP contribution in [0.25, 0.3) is 0 Å². The van der Waals surface area contributed by atoms with Crippen LogP contribution in [0.3, 0.4) is 0 Å². The summed E-state index contributed by atoms with van der Waals surface area (Å²) in [5.74, 6) is 1.59. The van der Waals surface area contributed by atoms with Gasteiger partial charge in [0.05, 0.1) is 21.6 Å². The fraction of sp³-hybridized carbons (Fsp3) is 0.0833. The Morgan fingerprint density at radius 1 is 0.903 bits per heavy atom. The zero-order valence-electron chi connectivity index (χ0n) is 16.3. The second kappa shape index (κ2) is 8.78. The van der Waals surface area contributed by atoms with Crippen molar-refractivity contribution in [3.05, 3.63) is 105 Å². The summed E-state index contributed by atoms with van der Waals surface area (Å²) < 4.78 is 7.04. The van der Waals surface area contributed by atoms with Crippen molar-refractivity contribution < 1.29 is 4.74 Å². The highest BCUT2D eigenvalue weighted by Gasteiger charge is 2.41. The molecule has 0 bridgehead atoms. The van der Waals surface area contributed by atoms with Gasteiger partial charge in [-0.25, -0.2) is 0 Å². The van der Waals surface area contributed by atoms with E-state index in [2.05, 4.69) is 43.3 Å². The van der Waals surface area contributed by atoms with Gasteiger partial charge in [-0.15, -0.1) is 11.3 Å². The van der Waals surface area contributed by atoms with Gasteiger partial charge in [-0.05, 0) is 88.8 Å². The van der Waals surface area contributed by atoms with Crippen LogP contribution in [0.2, 0.25) is 0 Å². The van der Waals surface area contributed by atoms with Gasteiger partial charge in [-0.1, -0.05) is 24.3 Å². The summed E-state index contributed by atoms with van der Waals surface area (Å²) in [4.78, 5) is 7.96. The second-order valence-electron chi connectivity index (χ2n) is 7.05. The highest BCUT2D eigenvalue weighted by molar-refractivity contribution is 9.11. The summed E-state index contributed by atoms with van der Waals surface area (Å²) in [6, 6.07) is 27.9. The normalized spacial score (nSPS) is 18.1. The Morgan fingerprint density at radius 2 is 1.65 bits per heavy atom. The number of ether oxygens (including phenoxy) is 1. The van der Waals surface area contributed by atoms with E-state index in [0.717, 1.165) is 26.7 Å². The molecule has 0 aliphatic carbocycles. The Balaban J connectivity index is 1.48. The van der Waals surface area contributed by atoms with Crippen LogP contribution in [0.15, 0.2) is 94.9 Å². The molecule has 4 aromatic rings. The van der Waals surface area contributed by atoms with Gasteiger partial charge < -0.3 is 15.0 Å². The number of thiocarbonyl (C=S) groups is 1. The molecular formula is C24H18BrN3OS2. The third-order valence-corrected chi connectivity index (χ3v) is 7.09. The van der Waals surface area contributed by atoms with E-state index in [4.69, 9.17) is 17.0 Å². The van der Waals surface area contributed by atoms with Crippen LogP contribution >= 0.6 is 39.5 Å². The molecule has 5 rings (SSSR count). The number of benzene rings is 2. The van der Waals surface area contributed by atoms with Gasteiger partial charge in [0.1, 0.15) is 11.5 Å². The number of hydrogen-bond acceptors (Lipinski definition) is 4. The fourth-order valence-corrected chi connectivity index (χ4v) is 5.61. The third kappa shape index (κ3) is 4.21. The maximum atomic E-state index is 5.95. The average molecular weight is 508 g/mol. The maximum Gasteiger partial charge on any atom is 0.174 e. The summed E-state index contributed by atoms with van der Waals surface area (Å²) in [6.07, 6.45) is 1.82. The van der Waals surface area contributed by atoms with Gasteiger partial charge in [-0.3, -0.25) is 4.98 Å². The lowest BCUT2D eigenvalue weighted by molar-refractivity contribution is 0.482. The van der Waals surface area contributed by atoms with E-state index in [-0.39, 0.29) is 12.1 Å². The lowest BCUT2D eigenvalue weighted by Gasteiger charge is -2.27. The van der Waals surface area contributed by atoms with E-state index in [0.29, 0.717) is 5.11 Å². The molecule has 0 spiro atoms. The minimum atomic E-state index is -0.0421. The molecule has 2 aromatic heterocycles. The van der Waals surface area contributed by atoms with E-state index < -0.39 is 0 Å². The smallest absolute Gasteiger partial charge is 0.174 e. The Hall–Kier alpha value is -2.74. The highest BCUT2D eigenvalue weighted by atomic mass is 79.9. The molecule has 3 heterocycles. The predicted octanol–water partition coefficient (Wildman–Crippen LogP) is 6.88. The third-order valence-electron chi connectivity index (χ3n) is 5.08. The van der Waals surface area contributed by atoms with E-state index in [1.165, 1.54) is 4.88 Å². The molecular weight excluding hydrogens is 490 g/mol. The molecule has 0 saturated carbocycles. The summed E-state index contributed by atoms with van der Waals surface area (Å²) in [5.41, 5.74) is 1.97. The number of hydrogen-bond donors (Lipinski definition) is 1. The maximum absolute atomic E-state index is 5.95. The molecule has 1 fully saturated rings. The van der Waals surface area contributed by atoms with Crippen molar-refractivity contribution in [2.45, 2.75) is 12.1 Å². The van der Waals surface area contributed by atoms with Crippen molar-refractivity contribution in [2.75, 3.05) is 4.90 Å². The number of nitrogens with one attached hydrogen (secondary N) is 1. The molecule has 7 heteroatoms. The lowest BCUT2D eigenvalue weighted by atomic mass is 10.0. The molecule has 2 aromatic carbocycles. The number of thiophene rings is 1. The van der Waals surface area contributed by atoms with Crippen molar-refractivity contribution in [1.82, 2.24) is 10.3 Å². The Bertz CT molecular complexity index is 1180. The van der Waals surface area contributed by atoms with E-state index in [1.807, 2.05) is 79.0 Å². The van der Waals surface area contributed by atoms with Gasteiger partial charge in [0.25, 0.3) is 0 Å². The monoisotopic (exact) mass is 507 g/mol. The Kier molecular flexibility index (Phi) is 5.72. The Labute approximate surface area is 198 Å². The van der Waals surface area contributed by atoms with Gasteiger partial charge >= 0.3 is 0 Å². The number of aromatic nitrogens is 1. The number of rotatable bonds is 5. The summed E-state index contributed by atoms with van der Waals surface area (Å²) in [6.45, 7) is 0.